The molecule has 0 aliphatic rings. The molecule has 0 bridgehead atoms. The Bertz CT molecular complexity index is 415. The molecule has 0 spiro atoms. The fourth-order valence-corrected chi connectivity index (χ4v) is 1.50. The van der Waals surface area contributed by atoms with Gasteiger partial charge < -0.3 is 0 Å². The van der Waals surface area contributed by atoms with Crippen LogP contribution in [-0.2, 0) is 0 Å². The number of ketones is 1. The average molecular weight is 292 g/mol. The van der Waals surface area contributed by atoms with Gasteiger partial charge in [-0.1, -0.05) is 24.6 Å². The van der Waals surface area contributed by atoms with Crippen molar-refractivity contribution >= 4 is 33.3 Å². The van der Waals surface area contributed by atoms with Gasteiger partial charge in [-0.05, 0) is 40.6 Å². The molecule has 0 aliphatic carbocycles. The monoisotopic (exact) mass is 290 g/mol. The lowest BCUT2D eigenvalue weighted by Gasteiger charge is -2.02. The molecule has 0 aromatic heterocycles. The van der Waals surface area contributed by atoms with Gasteiger partial charge in [0.1, 0.15) is 0 Å². The summed E-state index contributed by atoms with van der Waals surface area (Å²) in [4.78, 5) is 11.5. The standard InChI is InChI=1S/C11H9BrClFO/c1-2-3-4-9(15)7-5-6-8(12)10(13)11(7)14/h3-6H,2H2,1H3/b4-3+. The summed E-state index contributed by atoms with van der Waals surface area (Å²) in [5, 5.41) is -0.0641. The number of benzene rings is 1. The lowest BCUT2D eigenvalue weighted by molar-refractivity contribution is 0.104. The van der Waals surface area contributed by atoms with Crippen molar-refractivity contribution in [3.8, 4) is 0 Å². The Labute approximate surface area is 101 Å². The molecule has 0 saturated carbocycles. The van der Waals surface area contributed by atoms with Crippen molar-refractivity contribution in [2.45, 2.75) is 13.3 Å². The second-order valence-corrected chi connectivity index (χ2v) is 4.13. The zero-order chi connectivity index (χ0) is 11.4. The largest absolute Gasteiger partial charge is 0.289 e. The summed E-state index contributed by atoms with van der Waals surface area (Å²) in [5.74, 6) is -1.06. The highest BCUT2D eigenvalue weighted by atomic mass is 79.9. The highest BCUT2D eigenvalue weighted by Gasteiger charge is 2.14. The number of allylic oxidation sites excluding steroid dienone is 2. The van der Waals surface area contributed by atoms with E-state index in [1.807, 2.05) is 6.92 Å². The van der Waals surface area contributed by atoms with Crippen molar-refractivity contribution in [2.24, 2.45) is 0 Å². The topological polar surface area (TPSA) is 17.1 Å². The maximum atomic E-state index is 13.5. The van der Waals surface area contributed by atoms with Crippen LogP contribution >= 0.6 is 27.5 Å². The molecule has 1 aromatic carbocycles. The van der Waals surface area contributed by atoms with E-state index in [1.165, 1.54) is 12.1 Å². The van der Waals surface area contributed by atoms with Crippen molar-refractivity contribution in [3.63, 3.8) is 0 Å². The normalized spacial score (nSPS) is 10.9. The summed E-state index contributed by atoms with van der Waals surface area (Å²) in [5.41, 5.74) is -0.00657. The highest BCUT2D eigenvalue weighted by Crippen LogP contribution is 2.27. The minimum absolute atomic E-state index is 0.00657. The van der Waals surface area contributed by atoms with Crippen LogP contribution in [0, 0.1) is 5.82 Å². The molecule has 0 fully saturated rings. The van der Waals surface area contributed by atoms with Gasteiger partial charge in [-0.25, -0.2) is 4.39 Å². The fourth-order valence-electron chi connectivity index (χ4n) is 1.03. The van der Waals surface area contributed by atoms with Crippen molar-refractivity contribution < 1.29 is 9.18 Å². The van der Waals surface area contributed by atoms with E-state index in [2.05, 4.69) is 15.9 Å². The fraction of sp³-hybridized carbons (Fsp3) is 0.182. The Balaban J connectivity index is 3.11. The predicted octanol–water partition coefficient (Wildman–Crippen LogP) is 4.39. The van der Waals surface area contributed by atoms with Gasteiger partial charge in [0, 0.05) is 4.47 Å². The molecule has 0 atom stereocenters. The van der Waals surface area contributed by atoms with Gasteiger partial charge in [-0.3, -0.25) is 4.79 Å². The van der Waals surface area contributed by atoms with E-state index in [1.54, 1.807) is 12.1 Å². The third kappa shape index (κ3) is 2.89. The summed E-state index contributed by atoms with van der Waals surface area (Å²) < 4.78 is 14.0. The summed E-state index contributed by atoms with van der Waals surface area (Å²) in [6.45, 7) is 1.90. The molecule has 1 aromatic rings. The van der Waals surface area contributed by atoms with Crippen LogP contribution < -0.4 is 0 Å². The molecule has 1 rings (SSSR count). The maximum Gasteiger partial charge on any atom is 0.188 e. The number of carbonyl (C=O) groups excluding carboxylic acids is 1. The summed E-state index contributed by atoms with van der Waals surface area (Å²) in [6, 6.07) is 2.96. The van der Waals surface area contributed by atoms with Gasteiger partial charge in [0.25, 0.3) is 0 Å². The van der Waals surface area contributed by atoms with Crippen LogP contribution in [0.1, 0.15) is 23.7 Å². The highest BCUT2D eigenvalue weighted by molar-refractivity contribution is 9.10. The first-order valence-corrected chi connectivity index (χ1v) is 5.59. The Hall–Kier alpha value is -0.670. The molecule has 0 radical (unpaired) electrons. The number of rotatable bonds is 3. The van der Waals surface area contributed by atoms with Gasteiger partial charge >= 0.3 is 0 Å². The Morgan fingerprint density at radius 3 is 2.87 bits per heavy atom. The second kappa shape index (κ2) is 5.42. The number of carbonyl (C=O) groups is 1. The molecule has 1 nitrogen and oxygen atoms in total. The van der Waals surface area contributed by atoms with Gasteiger partial charge in [0.05, 0.1) is 10.6 Å². The zero-order valence-corrected chi connectivity index (χ0v) is 10.4. The van der Waals surface area contributed by atoms with E-state index in [-0.39, 0.29) is 16.4 Å². The minimum Gasteiger partial charge on any atom is -0.289 e. The quantitative estimate of drug-likeness (QED) is 0.458. The van der Waals surface area contributed by atoms with Crippen molar-refractivity contribution in [1.29, 1.82) is 0 Å². The molecule has 15 heavy (non-hydrogen) atoms. The van der Waals surface area contributed by atoms with Gasteiger partial charge in [0.15, 0.2) is 11.6 Å². The third-order valence-electron chi connectivity index (χ3n) is 1.81. The van der Waals surface area contributed by atoms with E-state index in [0.29, 0.717) is 4.47 Å². The molecular formula is C11H9BrClFO. The summed E-state index contributed by atoms with van der Waals surface area (Å²) in [6.07, 6.45) is 3.76. The van der Waals surface area contributed by atoms with E-state index >= 15 is 0 Å². The van der Waals surface area contributed by atoms with E-state index in [9.17, 15) is 9.18 Å². The van der Waals surface area contributed by atoms with E-state index in [4.69, 9.17) is 11.6 Å². The van der Waals surface area contributed by atoms with Crippen LogP contribution in [0.5, 0.6) is 0 Å². The number of hydrogen-bond acceptors (Lipinski definition) is 1. The van der Waals surface area contributed by atoms with Gasteiger partial charge in [0.2, 0.25) is 0 Å². The Morgan fingerprint density at radius 1 is 1.60 bits per heavy atom. The number of hydrogen-bond donors (Lipinski definition) is 0. The molecule has 0 saturated heterocycles. The summed E-state index contributed by atoms with van der Waals surface area (Å²) >= 11 is 8.74. The molecule has 4 heteroatoms. The number of halogens is 3. The minimum atomic E-state index is -0.684. The molecule has 0 heterocycles. The van der Waals surface area contributed by atoms with E-state index in [0.717, 1.165) is 6.42 Å². The van der Waals surface area contributed by atoms with Gasteiger partial charge in [-0.2, -0.15) is 0 Å². The first-order valence-electron chi connectivity index (χ1n) is 4.42. The van der Waals surface area contributed by atoms with Gasteiger partial charge in [-0.15, -0.1) is 0 Å². The molecule has 0 unspecified atom stereocenters. The average Bonchev–Trinajstić information content (AvgIpc) is 2.23. The first-order chi connectivity index (χ1) is 7.07. The smallest absolute Gasteiger partial charge is 0.188 e. The predicted molar refractivity (Wildman–Crippen MR) is 62.9 cm³/mol. The summed E-state index contributed by atoms with van der Waals surface area (Å²) in [7, 11) is 0. The van der Waals surface area contributed by atoms with Crippen LogP contribution in [0.3, 0.4) is 0 Å². The third-order valence-corrected chi connectivity index (χ3v) is 3.06. The molecule has 0 N–H and O–H groups in total. The van der Waals surface area contributed by atoms with Crippen LogP contribution in [-0.4, -0.2) is 5.78 Å². The van der Waals surface area contributed by atoms with Crippen LogP contribution in [0.4, 0.5) is 4.39 Å². The van der Waals surface area contributed by atoms with Crippen molar-refractivity contribution in [3.05, 3.63) is 45.2 Å². The van der Waals surface area contributed by atoms with Crippen LogP contribution in [0.15, 0.2) is 28.8 Å². The molecular weight excluding hydrogens is 282 g/mol. The Kier molecular flexibility index (Phi) is 4.48. The van der Waals surface area contributed by atoms with E-state index < -0.39 is 5.82 Å². The second-order valence-electron chi connectivity index (χ2n) is 2.90. The zero-order valence-electron chi connectivity index (χ0n) is 8.06. The molecule has 80 valence electrons. The van der Waals surface area contributed by atoms with Crippen LogP contribution in [0.2, 0.25) is 5.02 Å². The lowest BCUT2D eigenvalue weighted by atomic mass is 10.1. The molecule has 0 amide bonds. The lowest BCUT2D eigenvalue weighted by Crippen LogP contribution is -1.99. The van der Waals surface area contributed by atoms with Crippen molar-refractivity contribution in [1.82, 2.24) is 0 Å². The Morgan fingerprint density at radius 2 is 2.27 bits per heavy atom. The maximum absolute atomic E-state index is 13.5. The van der Waals surface area contributed by atoms with Crippen LogP contribution in [0.25, 0.3) is 0 Å². The van der Waals surface area contributed by atoms with Crippen molar-refractivity contribution in [2.75, 3.05) is 0 Å². The first kappa shape index (κ1) is 12.4. The SMILES string of the molecule is CC/C=C/C(=O)c1ccc(Br)c(Cl)c1F. The molecule has 0 aliphatic heterocycles.